The van der Waals surface area contributed by atoms with Gasteiger partial charge in [-0.1, -0.05) is 18.2 Å². The van der Waals surface area contributed by atoms with Crippen molar-refractivity contribution in [2.75, 3.05) is 0 Å². The molecule has 2 aromatic heterocycles. The van der Waals surface area contributed by atoms with Gasteiger partial charge in [-0.25, -0.2) is 4.98 Å². The van der Waals surface area contributed by atoms with Gasteiger partial charge in [-0.3, -0.25) is 0 Å². The van der Waals surface area contributed by atoms with Gasteiger partial charge in [0.2, 0.25) is 0 Å². The quantitative estimate of drug-likeness (QED) is 0.751. The van der Waals surface area contributed by atoms with Crippen LogP contribution in [0.4, 0.5) is 0 Å². The van der Waals surface area contributed by atoms with Crippen molar-refractivity contribution in [2.24, 2.45) is 5.73 Å². The van der Waals surface area contributed by atoms with E-state index in [-0.39, 0.29) is 0 Å². The van der Waals surface area contributed by atoms with Crippen LogP contribution in [0.3, 0.4) is 0 Å². The number of hydrogen-bond donors (Lipinski definition) is 1. The van der Waals surface area contributed by atoms with Gasteiger partial charge in [-0.05, 0) is 17.5 Å². The summed E-state index contributed by atoms with van der Waals surface area (Å²) in [4.78, 5) is 5.72. The molecule has 2 nitrogen and oxygen atoms in total. The normalized spacial score (nSPS) is 11.1. The van der Waals surface area contributed by atoms with E-state index in [4.69, 9.17) is 5.73 Å². The average molecular weight is 246 g/mol. The van der Waals surface area contributed by atoms with Crippen LogP contribution in [0.5, 0.6) is 0 Å². The summed E-state index contributed by atoms with van der Waals surface area (Å²) in [5, 5.41) is 4.35. The largest absolute Gasteiger partial charge is 0.325 e. The fourth-order valence-corrected chi connectivity index (χ4v) is 3.40. The van der Waals surface area contributed by atoms with Gasteiger partial charge in [-0.2, -0.15) is 0 Å². The van der Waals surface area contributed by atoms with Gasteiger partial charge < -0.3 is 5.73 Å². The molecule has 3 aromatic rings. The van der Waals surface area contributed by atoms with E-state index in [2.05, 4.69) is 40.7 Å². The van der Waals surface area contributed by atoms with Crippen LogP contribution in [0, 0.1) is 0 Å². The number of hydrogen-bond acceptors (Lipinski definition) is 4. The Labute approximate surface area is 101 Å². The Balaban J connectivity index is 2.11. The van der Waals surface area contributed by atoms with Crippen LogP contribution < -0.4 is 5.73 Å². The number of thiazole rings is 1. The molecule has 0 spiro atoms. The van der Waals surface area contributed by atoms with Gasteiger partial charge in [0.25, 0.3) is 0 Å². The molecule has 0 amide bonds. The number of fused-ring (bicyclic) bond motifs is 1. The molecule has 0 aliphatic rings. The zero-order valence-corrected chi connectivity index (χ0v) is 10.1. The van der Waals surface area contributed by atoms with Crippen LogP contribution in [-0.4, -0.2) is 4.98 Å². The van der Waals surface area contributed by atoms with Crippen molar-refractivity contribution in [3.05, 3.63) is 40.7 Å². The zero-order valence-electron chi connectivity index (χ0n) is 8.51. The SMILES string of the molecule is NCc1nc(-c2cc3ccccc3s2)cs1. The second kappa shape index (κ2) is 3.97. The van der Waals surface area contributed by atoms with E-state index < -0.39 is 0 Å². The van der Waals surface area contributed by atoms with Crippen LogP contribution in [0.25, 0.3) is 20.7 Å². The minimum Gasteiger partial charge on any atom is -0.325 e. The summed E-state index contributed by atoms with van der Waals surface area (Å²) >= 11 is 3.40. The molecular formula is C12H10N2S2. The molecule has 0 bridgehead atoms. The molecule has 16 heavy (non-hydrogen) atoms. The number of benzene rings is 1. The first-order valence-electron chi connectivity index (χ1n) is 5.00. The Morgan fingerprint density at radius 3 is 2.88 bits per heavy atom. The van der Waals surface area contributed by atoms with E-state index >= 15 is 0 Å². The molecule has 0 aliphatic heterocycles. The summed E-state index contributed by atoms with van der Waals surface area (Å²) < 4.78 is 1.31. The van der Waals surface area contributed by atoms with Crippen molar-refractivity contribution in [1.82, 2.24) is 4.98 Å². The van der Waals surface area contributed by atoms with Crippen molar-refractivity contribution < 1.29 is 0 Å². The van der Waals surface area contributed by atoms with E-state index in [0.717, 1.165) is 10.7 Å². The average Bonchev–Trinajstić information content (AvgIpc) is 2.95. The number of rotatable bonds is 2. The molecular weight excluding hydrogens is 236 g/mol. The van der Waals surface area contributed by atoms with E-state index in [1.54, 1.807) is 22.7 Å². The second-order valence-electron chi connectivity index (χ2n) is 3.48. The van der Waals surface area contributed by atoms with E-state index in [1.807, 2.05) is 0 Å². The highest BCUT2D eigenvalue weighted by atomic mass is 32.1. The van der Waals surface area contributed by atoms with Crippen LogP contribution in [0.1, 0.15) is 5.01 Å². The van der Waals surface area contributed by atoms with Gasteiger partial charge in [0.1, 0.15) is 5.01 Å². The van der Waals surface area contributed by atoms with Crippen molar-refractivity contribution in [3.63, 3.8) is 0 Å². The van der Waals surface area contributed by atoms with Crippen LogP contribution in [0.2, 0.25) is 0 Å². The Morgan fingerprint density at radius 2 is 2.12 bits per heavy atom. The van der Waals surface area contributed by atoms with Gasteiger partial charge >= 0.3 is 0 Å². The number of aromatic nitrogens is 1. The molecule has 3 rings (SSSR count). The van der Waals surface area contributed by atoms with E-state index in [9.17, 15) is 0 Å². The first-order chi connectivity index (χ1) is 7.86. The Kier molecular flexibility index (Phi) is 2.47. The molecule has 0 radical (unpaired) electrons. The molecule has 2 N–H and O–H groups in total. The third-order valence-corrected chi connectivity index (χ3v) is 4.41. The maximum atomic E-state index is 5.57. The fourth-order valence-electron chi connectivity index (χ4n) is 1.63. The first kappa shape index (κ1) is 9.96. The molecule has 0 atom stereocenters. The lowest BCUT2D eigenvalue weighted by molar-refractivity contribution is 1.04. The predicted octanol–water partition coefficient (Wildman–Crippen LogP) is 3.48. The van der Waals surface area contributed by atoms with Crippen LogP contribution in [0.15, 0.2) is 35.7 Å². The lowest BCUT2D eigenvalue weighted by Crippen LogP contribution is -1.94. The van der Waals surface area contributed by atoms with Gasteiger partial charge in [-0.15, -0.1) is 22.7 Å². The Bertz CT molecular complexity index is 592. The second-order valence-corrected chi connectivity index (χ2v) is 5.51. The topological polar surface area (TPSA) is 38.9 Å². The standard InChI is InChI=1S/C12H10N2S2/c13-6-12-14-9(7-15-12)11-5-8-3-1-2-4-10(8)16-11/h1-5,7H,6,13H2. The Hall–Kier alpha value is -1.23. The van der Waals surface area contributed by atoms with E-state index in [0.29, 0.717) is 6.54 Å². The number of nitrogens with zero attached hydrogens (tertiary/aromatic N) is 1. The summed E-state index contributed by atoms with van der Waals surface area (Å²) in [6.07, 6.45) is 0. The third-order valence-electron chi connectivity index (χ3n) is 2.40. The zero-order chi connectivity index (χ0) is 11.0. The third kappa shape index (κ3) is 1.65. The maximum absolute atomic E-state index is 5.57. The highest BCUT2D eigenvalue weighted by molar-refractivity contribution is 7.22. The summed E-state index contributed by atoms with van der Waals surface area (Å²) in [5.74, 6) is 0. The molecule has 0 aliphatic carbocycles. The maximum Gasteiger partial charge on any atom is 0.107 e. The monoisotopic (exact) mass is 246 g/mol. The molecule has 4 heteroatoms. The number of nitrogens with two attached hydrogens (primary N) is 1. The first-order valence-corrected chi connectivity index (χ1v) is 6.70. The minimum absolute atomic E-state index is 0.523. The van der Waals surface area contributed by atoms with Gasteiger partial charge in [0.05, 0.1) is 10.6 Å². The predicted molar refractivity (Wildman–Crippen MR) is 70.8 cm³/mol. The van der Waals surface area contributed by atoms with Crippen LogP contribution >= 0.6 is 22.7 Å². The summed E-state index contributed by atoms with van der Waals surface area (Å²) in [7, 11) is 0. The van der Waals surface area contributed by atoms with E-state index in [1.165, 1.54) is 15.0 Å². The summed E-state index contributed by atoms with van der Waals surface area (Å²) in [6.45, 7) is 0.523. The van der Waals surface area contributed by atoms with Crippen molar-refractivity contribution in [2.45, 2.75) is 6.54 Å². The Morgan fingerprint density at radius 1 is 1.25 bits per heavy atom. The summed E-state index contributed by atoms with van der Waals surface area (Å²) in [5.41, 5.74) is 6.62. The molecule has 0 unspecified atom stereocenters. The van der Waals surface area contributed by atoms with Gasteiger partial charge in [0, 0.05) is 16.6 Å². The fraction of sp³-hybridized carbons (Fsp3) is 0.0833. The van der Waals surface area contributed by atoms with Crippen molar-refractivity contribution in [3.8, 4) is 10.6 Å². The summed E-state index contributed by atoms with van der Waals surface area (Å²) in [6, 6.07) is 10.6. The highest BCUT2D eigenvalue weighted by Crippen LogP contribution is 2.33. The lowest BCUT2D eigenvalue weighted by atomic mass is 10.2. The smallest absolute Gasteiger partial charge is 0.107 e. The lowest BCUT2D eigenvalue weighted by Gasteiger charge is -1.87. The molecule has 1 aromatic carbocycles. The van der Waals surface area contributed by atoms with Crippen molar-refractivity contribution in [1.29, 1.82) is 0 Å². The molecule has 0 saturated heterocycles. The minimum atomic E-state index is 0.523. The molecule has 2 heterocycles. The van der Waals surface area contributed by atoms with Crippen LogP contribution in [-0.2, 0) is 6.54 Å². The number of thiophene rings is 1. The molecule has 0 fully saturated rings. The highest BCUT2D eigenvalue weighted by Gasteiger charge is 2.07. The molecule has 0 saturated carbocycles. The van der Waals surface area contributed by atoms with Gasteiger partial charge in [0.15, 0.2) is 0 Å². The van der Waals surface area contributed by atoms with Crippen molar-refractivity contribution >= 4 is 32.8 Å². The molecule has 80 valence electrons.